The van der Waals surface area contributed by atoms with Crippen molar-refractivity contribution in [1.29, 1.82) is 0 Å². The van der Waals surface area contributed by atoms with Crippen LogP contribution in [0.15, 0.2) is 35.4 Å². The fraction of sp³-hybridized carbons (Fsp3) is 0.438. The molecule has 0 aliphatic carbocycles. The first-order valence-electron chi connectivity index (χ1n) is 7.09. The molecule has 0 radical (unpaired) electrons. The first kappa shape index (κ1) is 15.2. The third-order valence-electron chi connectivity index (χ3n) is 3.61. The summed E-state index contributed by atoms with van der Waals surface area (Å²) in [6.45, 7) is 2.35. The zero-order valence-electron chi connectivity index (χ0n) is 12.4. The quantitative estimate of drug-likeness (QED) is 0.752. The molecular formula is C16H20N2O3. The minimum atomic E-state index is -0.464. The van der Waals surface area contributed by atoms with Gasteiger partial charge in [0.2, 0.25) is 0 Å². The van der Waals surface area contributed by atoms with Gasteiger partial charge in [0.25, 0.3) is 5.91 Å². The molecule has 5 heteroatoms. The fourth-order valence-electron chi connectivity index (χ4n) is 2.39. The van der Waals surface area contributed by atoms with Crippen molar-refractivity contribution in [3.63, 3.8) is 0 Å². The zero-order chi connectivity index (χ0) is 15.2. The van der Waals surface area contributed by atoms with Gasteiger partial charge in [0.05, 0.1) is 19.4 Å². The summed E-state index contributed by atoms with van der Waals surface area (Å²) >= 11 is 0. The van der Waals surface area contributed by atoms with Gasteiger partial charge in [-0.2, -0.15) is 5.10 Å². The van der Waals surface area contributed by atoms with Gasteiger partial charge in [-0.25, -0.2) is 5.01 Å². The summed E-state index contributed by atoms with van der Waals surface area (Å²) in [5.74, 6) is -0.950. The summed E-state index contributed by atoms with van der Waals surface area (Å²) < 4.78 is 4.62. The molecule has 0 saturated carbocycles. The molecule has 0 fully saturated rings. The van der Waals surface area contributed by atoms with E-state index in [4.69, 9.17) is 0 Å². The number of rotatable bonds is 6. The molecule has 1 unspecified atom stereocenters. The number of esters is 1. The van der Waals surface area contributed by atoms with Crippen molar-refractivity contribution in [2.24, 2.45) is 11.0 Å². The van der Waals surface area contributed by atoms with Gasteiger partial charge in [0.15, 0.2) is 0 Å². The highest BCUT2D eigenvalue weighted by molar-refractivity contribution is 6.08. The maximum atomic E-state index is 12.2. The van der Waals surface area contributed by atoms with Crippen molar-refractivity contribution in [3.8, 4) is 0 Å². The van der Waals surface area contributed by atoms with Crippen molar-refractivity contribution in [3.05, 3.63) is 35.9 Å². The number of carbonyl (C=O) groups excluding carboxylic acids is 2. The molecule has 0 saturated heterocycles. The zero-order valence-corrected chi connectivity index (χ0v) is 12.4. The predicted molar refractivity (Wildman–Crippen MR) is 79.7 cm³/mol. The summed E-state index contributed by atoms with van der Waals surface area (Å²) in [7, 11) is 1.33. The summed E-state index contributed by atoms with van der Waals surface area (Å²) in [4.78, 5) is 23.5. The van der Waals surface area contributed by atoms with Crippen LogP contribution in [0.25, 0.3) is 0 Å². The lowest BCUT2D eigenvalue weighted by molar-refractivity contribution is -0.144. The number of benzene rings is 1. The Morgan fingerprint density at radius 2 is 2.05 bits per heavy atom. The average molecular weight is 288 g/mol. The standard InChI is InChI=1S/C16H20N2O3/c1-12-14(11-15(19)21-2)16(20)18(17-12)10-6-9-13-7-4-3-5-8-13/h3-5,7-8,14H,6,9-11H2,1-2H3. The molecule has 1 heterocycles. The van der Waals surface area contributed by atoms with Crippen LogP contribution in [0.5, 0.6) is 0 Å². The first-order chi connectivity index (χ1) is 10.1. The van der Waals surface area contributed by atoms with E-state index in [-0.39, 0.29) is 18.3 Å². The Hall–Kier alpha value is -2.17. The van der Waals surface area contributed by atoms with E-state index < -0.39 is 5.92 Å². The highest BCUT2D eigenvalue weighted by Gasteiger charge is 2.34. The summed E-state index contributed by atoms with van der Waals surface area (Å²) in [5.41, 5.74) is 1.93. The van der Waals surface area contributed by atoms with E-state index in [0.29, 0.717) is 12.3 Å². The number of aryl methyl sites for hydroxylation is 1. The molecule has 1 aliphatic rings. The fourth-order valence-corrected chi connectivity index (χ4v) is 2.39. The normalized spacial score (nSPS) is 17.8. The Bertz CT molecular complexity index is 540. The summed E-state index contributed by atoms with van der Waals surface area (Å²) in [6, 6.07) is 10.1. The van der Waals surface area contributed by atoms with Crippen molar-refractivity contribution in [2.75, 3.05) is 13.7 Å². The Morgan fingerprint density at radius 3 is 2.71 bits per heavy atom. The Balaban J connectivity index is 1.85. The maximum Gasteiger partial charge on any atom is 0.306 e. The molecule has 0 aromatic heterocycles. The molecule has 2 rings (SSSR count). The summed E-state index contributed by atoms with van der Waals surface area (Å²) in [5, 5.41) is 5.74. The van der Waals surface area contributed by atoms with Crippen LogP contribution in [0, 0.1) is 5.92 Å². The van der Waals surface area contributed by atoms with E-state index in [9.17, 15) is 9.59 Å². The Morgan fingerprint density at radius 1 is 1.33 bits per heavy atom. The molecule has 0 N–H and O–H groups in total. The Labute approximate surface area is 124 Å². The van der Waals surface area contributed by atoms with Crippen LogP contribution < -0.4 is 0 Å². The second kappa shape index (κ2) is 7.02. The van der Waals surface area contributed by atoms with E-state index in [0.717, 1.165) is 12.8 Å². The molecule has 1 amide bonds. The van der Waals surface area contributed by atoms with E-state index in [1.54, 1.807) is 6.92 Å². The third kappa shape index (κ3) is 3.90. The number of hydrogen-bond donors (Lipinski definition) is 0. The van der Waals surface area contributed by atoms with Crippen molar-refractivity contribution >= 4 is 17.6 Å². The third-order valence-corrected chi connectivity index (χ3v) is 3.61. The topological polar surface area (TPSA) is 59.0 Å². The second-order valence-electron chi connectivity index (χ2n) is 5.12. The van der Waals surface area contributed by atoms with Gasteiger partial charge >= 0.3 is 5.97 Å². The molecule has 112 valence electrons. The van der Waals surface area contributed by atoms with E-state index in [1.807, 2.05) is 18.2 Å². The van der Waals surface area contributed by atoms with Crippen molar-refractivity contribution < 1.29 is 14.3 Å². The molecule has 0 spiro atoms. The maximum absolute atomic E-state index is 12.2. The number of ether oxygens (including phenoxy) is 1. The average Bonchev–Trinajstić information content (AvgIpc) is 2.76. The van der Waals surface area contributed by atoms with Gasteiger partial charge < -0.3 is 4.74 Å². The molecule has 1 aliphatic heterocycles. The first-order valence-corrected chi connectivity index (χ1v) is 7.09. The number of amides is 1. The molecule has 1 aromatic rings. The molecule has 21 heavy (non-hydrogen) atoms. The number of nitrogens with zero attached hydrogens (tertiary/aromatic N) is 2. The molecule has 0 bridgehead atoms. The van der Waals surface area contributed by atoms with Gasteiger partial charge in [0, 0.05) is 12.3 Å². The van der Waals surface area contributed by atoms with E-state index in [1.165, 1.54) is 17.7 Å². The van der Waals surface area contributed by atoms with Crippen LogP contribution in [0.2, 0.25) is 0 Å². The lowest BCUT2D eigenvalue weighted by Crippen LogP contribution is -2.30. The van der Waals surface area contributed by atoms with Crippen LogP contribution >= 0.6 is 0 Å². The lowest BCUT2D eigenvalue weighted by Gasteiger charge is -2.13. The lowest BCUT2D eigenvalue weighted by atomic mass is 10.0. The van der Waals surface area contributed by atoms with Crippen LogP contribution in [0.3, 0.4) is 0 Å². The second-order valence-corrected chi connectivity index (χ2v) is 5.12. The van der Waals surface area contributed by atoms with Gasteiger partial charge in [0.1, 0.15) is 0 Å². The van der Waals surface area contributed by atoms with E-state index >= 15 is 0 Å². The molecule has 1 atom stereocenters. The van der Waals surface area contributed by atoms with Crippen LogP contribution in [-0.2, 0) is 20.7 Å². The van der Waals surface area contributed by atoms with Crippen molar-refractivity contribution in [1.82, 2.24) is 5.01 Å². The van der Waals surface area contributed by atoms with Gasteiger partial charge in [-0.1, -0.05) is 30.3 Å². The number of methoxy groups -OCH3 is 1. The smallest absolute Gasteiger partial charge is 0.306 e. The van der Waals surface area contributed by atoms with E-state index in [2.05, 4.69) is 22.0 Å². The predicted octanol–water partition coefficient (Wildman–Crippen LogP) is 2.02. The van der Waals surface area contributed by atoms with Gasteiger partial charge in [-0.05, 0) is 25.3 Å². The van der Waals surface area contributed by atoms with Crippen LogP contribution in [0.1, 0.15) is 25.3 Å². The number of hydrazone groups is 1. The van der Waals surface area contributed by atoms with Gasteiger partial charge in [-0.3, -0.25) is 9.59 Å². The molecular weight excluding hydrogens is 268 g/mol. The minimum absolute atomic E-state index is 0.0693. The highest BCUT2D eigenvalue weighted by atomic mass is 16.5. The molecule has 1 aromatic carbocycles. The van der Waals surface area contributed by atoms with Crippen molar-refractivity contribution in [2.45, 2.75) is 26.2 Å². The van der Waals surface area contributed by atoms with Crippen LogP contribution in [-0.4, -0.2) is 36.3 Å². The van der Waals surface area contributed by atoms with Crippen LogP contribution in [0.4, 0.5) is 0 Å². The monoisotopic (exact) mass is 288 g/mol. The highest BCUT2D eigenvalue weighted by Crippen LogP contribution is 2.20. The minimum Gasteiger partial charge on any atom is -0.469 e. The number of hydrogen-bond acceptors (Lipinski definition) is 4. The largest absolute Gasteiger partial charge is 0.469 e. The SMILES string of the molecule is COC(=O)CC1C(=O)N(CCCc2ccccc2)N=C1C. The summed E-state index contributed by atoms with van der Waals surface area (Å²) in [6.07, 6.45) is 1.82. The Kier molecular flexibility index (Phi) is 5.09. The molecule has 5 nitrogen and oxygen atoms in total. The number of carbonyl (C=O) groups is 2. The van der Waals surface area contributed by atoms with Gasteiger partial charge in [-0.15, -0.1) is 0 Å².